The van der Waals surface area contributed by atoms with Crippen molar-refractivity contribution >= 4 is 11.3 Å². The average molecular weight is 264 g/mol. The molecule has 0 bridgehead atoms. The number of fused-ring (bicyclic) bond motifs is 1. The monoisotopic (exact) mass is 264 g/mol. The Morgan fingerprint density at radius 2 is 2.22 bits per heavy atom. The molecule has 3 rings (SSSR count). The summed E-state index contributed by atoms with van der Waals surface area (Å²) in [6.45, 7) is 7.57. The normalized spacial score (nSPS) is 27.9. The van der Waals surface area contributed by atoms with Crippen molar-refractivity contribution < 1.29 is 0 Å². The van der Waals surface area contributed by atoms with Crippen molar-refractivity contribution in [2.75, 3.05) is 26.2 Å². The molecule has 0 aliphatic carbocycles. The van der Waals surface area contributed by atoms with Crippen LogP contribution in [0.25, 0.3) is 0 Å². The summed E-state index contributed by atoms with van der Waals surface area (Å²) in [7, 11) is 0. The Labute approximate surface area is 115 Å². The summed E-state index contributed by atoms with van der Waals surface area (Å²) in [5, 5.41) is 2.22. The van der Waals surface area contributed by atoms with Crippen LogP contribution in [0.15, 0.2) is 17.5 Å². The second-order valence-electron chi connectivity index (χ2n) is 5.62. The first kappa shape index (κ1) is 12.6. The molecule has 1 aromatic heterocycles. The van der Waals surface area contributed by atoms with Crippen LogP contribution in [0.2, 0.25) is 0 Å². The fourth-order valence-corrected chi connectivity index (χ4v) is 4.58. The molecular formula is C15H24N2S. The van der Waals surface area contributed by atoms with Gasteiger partial charge in [0, 0.05) is 30.1 Å². The van der Waals surface area contributed by atoms with Crippen molar-refractivity contribution in [3.63, 3.8) is 0 Å². The fraction of sp³-hybridized carbons (Fsp3) is 0.733. The number of nitrogens with zero attached hydrogens (tertiary/aromatic N) is 2. The highest BCUT2D eigenvalue weighted by molar-refractivity contribution is 7.10. The van der Waals surface area contributed by atoms with Crippen molar-refractivity contribution in [3.8, 4) is 0 Å². The standard InChI is InChI=1S/C15H24N2S/c1-2-14(15-7-4-11-18-15)17-10-5-9-16-8-3-6-13(16)12-17/h4,7,11,13-14H,2-3,5-6,8-10,12H2,1H3. The third kappa shape index (κ3) is 2.49. The van der Waals surface area contributed by atoms with Crippen LogP contribution in [-0.4, -0.2) is 42.0 Å². The van der Waals surface area contributed by atoms with Gasteiger partial charge in [0.1, 0.15) is 0 Å². The molecule has 2 aliphatic heterocycles. The van der Waals surface area contributed by atoms with Gasteiger partial charge < -0.3 is 0 Å². The molecule has 0 aromatic carbocycles. The van der Waals surface area contributed by atoms with E-state index in [9.17, 15) is 0 Å². The molecule has 3 heteroatoms. The lowest BCUT2D eigenvalue weighted by Gasteiger charge is -2.31. The van der Waals surface area contributed by atoms with Gasteiger partial charge in [0.15, 0.2) is 0 Å². The maximum Gasteiger partial charge on any atom is 0.0439 e. The molecule has 0 radical (unpaired) electrons. The Balaban J connectivity index is 1.73. The summed E-state index contributed by atoms with van der Waals surface area (Å²) in [4.78, 5) is 7.03. The number of hydrogen-bond acceptors (Lipinski definition) is 3. The topological polar surface area (TPSA) is 6.48 Å². The van der Waals surface area contributed by atoms with Gasteiger partial charge in [-0.2, -0.15) is 0 Å². The minimum absolute atomic E-state index is 0.658. The largest absolute Gasteiger partial charge is 0.299 e. The van der Waals surface area contributed by atoms with E-state index >= 15 is 0 Å². The molecule has 2 atom stereocenters. The van der Waals surface area contributed by atoms with Crippen LogP contribution < -0.4 is 0 Å². The molecule has 3 heterocycles. The lowest BCUT2D eigenvalue weighted by Crippen LogP contribution is -2.38. The predicted molar refractivity (Wildman–Crippen MR) is 78.1 cm³/mol. The zero-order valence-electron chi connectivity index (χ0n) is 11.3. The maximum absolute atomic E-state index is 2.75. The van der Waals surface area contributed by atoms with Crippen molar-refractivity contribution in [2.24, 2.45) is 0 Å². The predicted octanol–water partition coefficient (Wildman–Crippen LogP) is 3.37. The minimum Gasteiger partial charge on any atom is -0.299 e. The summed E-state index contributed by atoms with van der Waals surface area (Å²) < 4.78 is 0. The van der Waals surface area contributed by atoms with Crippen LogP contribution >= 0.6 is 11.3 Å². The highest BCUT2D eigenvalue weighted by Gasteiger charge is 2.31. The van der Waals surface area contributed by atoms with E-state index in [1.807, 2.05) is 11.3 Å². The number of hydrogen-bond donors (Lipinski definition) is 0. The maximum atomic E-state index is 2.75. The summed E-state index contributed by atoms with van der Waals surface area (Å²) in [6.07, 6.45) is 5.41. The molecule has 2 saturated heterocycles. The molecule has 2 aliphatic rings. The van der Waals surface area contributed by atoms with E-state index in [0.717, 1.165) is 6.04 Å². The quantitative estimate of drug-likeness (QED) is 0.826. The first-order valence-electron chi connectivity index (χ1n) is 7.40. The zero-order valence-corrected chi connectivity index (χ0v) is 12.2. The third-order valence-electron chi connectivity index (χ3n) is 4.53. The summed E-state index contributed by atoms with van der Waals surface area (Å²) in [5.74, 6) is 0. The Kier molecular flexibility index (Phi) is 4.02. The third-order valence-corrected chi connectivity index (χ3v) is 5.51. The lowest BCUT2D eigenvalue weighted by molar-refractivity contribution is 0.171. The van der Waals surface area contributed by atoms with E-state index in [2.05, 4.69) is 34.2 Å². The lowest BCUT2D eigenvalue weighted by atomic mass is 10.1. The van der Waals surface area contributed by atoms with Crippen LogP contribution in [0.4, 0.5) is 0 Å². The van der Waals surface area contributed by atoms with E-state index in [0.29, 0.717) is 6.04 Å². The Morgan fingerprint density at radius 1 is 1.33 bits per heavy atom. The SMILES string of the molecule is CCC(c1cccs1)N1CCCN2CCCC2C1. The van der Waals surface area contributed by atoms with Crippen molar-refractivity contribution in [1.82, 2.24) is 9.80 Å². The molecule has 18 heavy (non-hydrogen) atoms. The van der Waals surface area contributed by atoms with Crippen molar-refractivity contribution in [1.29, 1.82) is 0 Å². The Hall–Kier alpha value is -0.380. The van der Waals surface area contributed by atoms with Gasteiger partial charge in [-0.1, -0.05) is 13.0 Å². The van der Waals surface area contributed by atoms with Crippen LogP contribution in [0.1, 0.15) is 43.5 Å². The highest BCUT2D eigenvalue weighted by Crippen LogP contribution is 2.31. The molecule has 0 amide bonds. The second kappa shape index (κ2) is 5.72. The van der Waals surface area contributed by atoms with Gasteiger partial charge in [-0.3, -0.25) is 9.80 Å². The molecule has 2 nitrogen and oxygen atoms in total. The molecule has 1 aromatic rings. The van der Waals surface area contributed by atoms with Crippen molar-refractivity contribution in [2.45, 2.75) is 44.7 Å². The van der Waals surface area contributed by atoms with Gasteiger partial charge in [0.05, 0.1) is 0 Å². The van der Waals surface area contributed by atoms with Gasteiger partial charge in [0.2, 0.25) is 0 Å². The zero-order chi connectivity index (χ0) is 12.4. The van der Waals surface area contributed by atoms with Gasteiger partial charge in [-0.05, 0) is 50.2 Å². The van der Waals surface area contributed by atoms with E-state index in [1.54, 1.807) is 4.88 Å². The summed E-state index contributed by atoms with van der Waals surface area (Å²) in [6, 6.07) is 6.01. The molecule has 0 N–H and O–H groups in total. The number of rotatable bonds is 3. The average Bonchev–Trinajstić information content (AvgIpc) is 3.00. The fourth-order valence-electron chi connectivity index (χ4n) is 3.64. The molecule has 2 fully saturated rings. The van der Waals surface area contributed by atoms with Crippen LogP contribution in [-0.2, 0) is 0 Å². The van der Waals surface area contributed by atoms with Crippen LogP contribution in [0.3, 0.4) is 0 Å². The van der Waals surface area contributed by atoms with Gasteiger partial charge in [-0.15, -0.1) is 11.3 Å². The first-order valence-corrected chi connectivity index (χ1v) is 8.28. The van der Waals surface area contributed by atoms with E-state index in [1.165, 1.54) is 51.9 Å². The first-order chi connectivity index (χ1) is 8.88. The van der Waals surface area contributed by atoms with Crippen LogP contribution in [0, 0.1) is 0 Å². The smallest absolute Gasteiger partial charge is 0.0439 e. The Bertz CT molecular complexity index is 363. The Morgan fingerprint density at radius 3 is 3.00 bits per heavy atom. The molecule has 2 unspecified atom stereocenters. The summed E-state index contributed by atoms with van der Waals surface area (Å²) >= 11 is 1.93. The second-order valence-corrected chi connectivity index (χ2v) is 6.60. The van der Waals surface area contributed by atoms with Gasteiger partial charge in [-0.25, -0.2) is 0 Å². The van der Waals surface area contributed by atoms with E-state index < -0.39 is 0 Å². The molecular weight excluding hydrogens is 240 g/mol. The van der Waals surface area contributed by atoms with E-state index in [-0.39, 0.29) is 0 Å². The molecule has 0 saturated carbocycles. The minimum atomic E-state index is 0.658. The highest BCUT2D eigenvalue weighted by atomic mass is 32.1. The molecule has 100 valence electrons. The van der Waals surface area contributed by atoms with Gasteiger partial charge >= 0.3 is 0 Å². The van der Waals surface area contributed by atoms with Crippen molar-refractivity contribution in [3.05, 3.63) is 22.4 Å². The molecule has 0 spiro atoms. The van der Waals surface area contributed by atoms with E-state index in [4.69, 9.17) is 0 Å². The number of thiophene rings is 1. The van der Waals surface area contributed by atoms with Crippen LogP contribution in [0.5, 0.6) is 0 Å². The summed E-state index contributed by atoms with van der Waals surface area (Å²) in [5.41, 5.74) is 0. The van der Waals surface area contributed by atoms with Gasteiger partial charge in [0.25, 0.3) is 0 Å².